The number of carbonyl (C=O) groups excluding carboxylic acids is 1. The molecule has 1 N–H and O–H groups in total. The van der Waals surface area contributed by atoms with Gasteiger partial charge < -0.3 is 5.32 Å². The third-order valence-corrected chi connectivity index (χ3v) is 6.73. The van der Waals surface area contributed by atoms with Crippen molar-refractivity contribution in [3.8, 4) is 0 Å². The van der Waals surface area contributed by atoms with E-state index in [1.165, 1.54) is 34.6 Å². The van der Waals surface area contributed by atoms with Crippen LogP contribution in [-0.4, -0.2) is 31.7 Å². The SMILES string of the molecule is O=C(Nc1ccc(Cl)c(C(F)(F)F)c1)c1ccc(CS(=O)(=O)N2CCCC2)cc1. The van der Waals surface area contributed by atoms with Gasteiger partial charge in [-0.15, -0.1) is 0 Å². The highest BCUT2D eigenvalue weighted by molar-refractivity contribution is 7.88. The Morgan fingerprint density at radius 1 is 1.07 bits per heavy atom. The maximum absolute atomic E-state index is 12.9. The van der Waals surface area contributed by atoms with Crippen molar-refractivity contribution in [1.29, 1.82) is 0 Å². The van der Waals surface area contributed by atoms with Gasteiger partial charge in [0, 0.05) is 24.3 Å². The summed E-state index contributed by atoms with van der Waals surface area (Å²) in [4.78, 5) is 12.3. The molecule has 0 radical (unpaired) electrons. The van der Waals surface area contributed by atoms with Gasteiger partial charge in [-0.1, -0.05) is 23.7 Å². The minimum absolute atomic E-state index is 0.0487. The molecule has 5 nitrogen and oxygen atoms in total. The molecule has 0 aliphatic carbocycles. The fourth-order valence-corrected chi connectivity index (χ4v) is 4.88. The topological polar surface area (TPSA) is 66.5 Å². The number of carbonyl (C=O) groups is 1. The van der Waals surface area contributed by atoms with Crippen LogP contribution in [0.2, 0.25) is 5.02 Å². The van der Waals surface area contributed by atoms with E-state index in [4.69, 9.17) is 11.6 Å². The highest BCUT2D eigenvalue weighted by Gasteiger charge is 2.33. The molecule has 0 atom stereocenters. The van der Waals surface area contributed by atoms with Gasteiger partial charge in [0.2, 0.25) is 10.0 Å². The molecule has 1 aliphatic heterocycles. The lowest BCUT2D eigenvalue weighted by molar-refractivity contribution is -0.137. The van der Waals surface area contributed by atoms with E-state index in [9.17, 15) is 26.4 Å². The highest BCUT2D eigenvalue weighted by Crippen LogP contribution is 2.36. The lowest BCUT2D eigenvalue weighted by Crippen LogP contribution is -2.29. The molecule has 156 valence electrons. The first-order valence-corrected chi connectivity index (χ1v) is 10.8. The molecule has 0 aromatic heterocycles. The predicted molar refractivity (Wildman–Crippen MR) is 104 cm³/mol. The number of hydrogen-bond donors (Lipinski definition) is 1. The summed E-state index contributed by atoms with van der Waals surface area (Å²) in [6.07, 6.45) is -2.95. The van der Waals surface area contributed by atoms with Gasteiger partial charge in [-0.25, -0.2) is 12.7 Å². The first-order chi connectivity index (χ1) is 13.6. The lowest BCUT2D eigenvalue weighted by Gasteiger charge is -2.15. The molecule has 2 aromatic carbocycles. The highest BCUT2D eigenvalue weighted by atomic mass is 35.5. The molecule has 0 spiro atoms. The standard InChI is InChI=1S/C19H18ClF3N2O3S/c20-17-8-7-15(11-16(17)19(21,22)23)24-18(26)14-5-3-13(4-6-14)12-29(27,28)25-9-1-2-10-25/h3-8,11H,1-2,9-10,12H2,(H,24,26). The number of halogens is 4. The zero-order valence-electron chi connectivity index (χ0n) is 15.2. The fourth-order valence-electron chi connectivity index (χ4n) is 3.04. The van der Waals surface area contributed by atoms with Crippen molar-refractivity contribution in [2.75, 3.05) is 18.4 Å². The lowest BCUT2D eigenvalue weighted by atomic mass is 10.1. The van der Waals surface area contributed by atoms with Crippen LogP contribution in [-0.2, 0) is 22.0 Å². The number of anilines is 1. The molecular weight excluding hydrogens is 429 g/mol. The van der Waals surface area contributed by atoms with E-state index in [0.29, 0.717) is 18.7 Å². The molecule has 1 heterocycles. The molecule has 1 fully saturated rings. The van der Waals surface area contributed by atoms with Crippen LogP contribution in [0, 0.1) is 0 Å². The fraction of sp³-hybridized carbons (Fsp3) is 0.316. The zero-order chi connectivity index (χ0) is 21.2. The van der Waals surface area contributed by atoms with Gasteiger partial charge in [0.1, 0.15) is 0 Å². The van der Waals surface area contributed by atoms with Crippen LogP contribution in [0.5, 0.6) is 0 Å². The van der Waals surface area contributed by atoms with Crippen molar-refractivity contribution in [3.63, 3.8) is 0 Å². The Morgan fingerprint density at radius 2 is 1.69 bits per heavy atom. The van der Waals surface area contributed by atoms with E-state index in [2.05, 4.69) is 5.32 Å². The summed E-state index contributed by atoms with van der Waals surface area (Å²) < 4.78 is 64.9. The Hall–Kier alpha value is -2.10. The number of nitrogens with one attached hydrogen (secondary N) is 1. The molecule has 1 aliphatic rings. The number of nitrogens with zero attached hydrogens (tertiary/aromatic N) is 1. The summed E-state index contributed by atoms with van der Waals surface area (Å²) in [6.45, 7) is 1.04. The second kappa shape index (κ2) is 8.33. The molecule has 29 heavy (non-hydrogen) atoms. The van der Waals surface area contributed by atoms with Gasteiger partial charge >= 0.3 is 6.18 Å². The molecule has 10 heteroatoms. The van der Waals surface area contributed by atoms with Crippen molar-refractivity contribution in [2.24, 2.45) is 0 Å². The van der Waals surface area contributed by atoms with E-state index in [1.807, 2.05) is 0 Å². The number of amides is 1. The van der Waals surface area contributed by atoms with Gasteiger partial charge in [0.05, 0.1) is 16.3 Å². The second-order valence-corrected chi connectivity index (χ2v) is 9.08. The first kappa shape index (κ1) is 21.6. The van der Waals surface area contributed by atoms with Crippen molar-refractivity contribution < 1.29 is 26.4 Å². The number of alkyl halides is 3. The van der Waals surface area contributed by atoms with Crippen molar-refractivity contribution in [1.82, 2.24) is 4.31 Å². The number of benzene rings is 2. The van der Waals surface area contributed by atoms with Gasteiger partial charge in [0.15, 0.2) is 0 Å². The minimum atomic E-state index is -4.64. The van der Waals surface area contributed by atoms with Gasteiger partial charge in [-0.05, 0) is 48.7 Å². The van der Waals surface area contributed by atoms with E-state index in [1.54, 1.807) is 0 Å². The van der Waals surface area contributed by atoms with Crippen LogP contribution in [0.3, 0.4) is 0 Å². The monoisotopic (exact) mass is 446 g/mol. The number of rotatable bonds is 5. The van der Waals surface area contributed by atoms with Crippen molar-refractivity contribution >= 4 is 33.2 Å². The Bertz CT molecular complexity index is 1000. The van der Waals surface area contributed by atoms with Crippen LogP contribution in [0.4, 0.5) is 18.9 Å². The summed E-state index contributed by atoms with van der Waals surface area (Å²) in [7, 11) is -3.40. The third-order valence-electron chi connectivity index (χ3n) is 4.55. The molecule has 2 aromatic rings. The Labute approximate surface area is 171 Å². The van der Waals surface area contributed by atoms with Crippen molar-refractivity contribution in [3.05, 3.63) is 64.2 Å². The van der Waals surface area contributed by atoms with Gasteiger partial charge in [-0.3, -0.25) is 4.79 Å². The molecule has 0 unspecified atom stereocenters. The summed E-state index contributed by atoms with van der Waals surface area (Å²) >= 11 is 5.57. The number of hydrogen-bond acceptors (Lipinski definition) is 3. The smallest absolute Gasteiger partial charge is 0.322 e. The van der Waals surface area contributed by atoms with Crippen molar-refractivity contribution in [2.45, 2.75) is 24.8 Å². The quantitative estimate of drug-likeness (QED) is 0.733. The van der Waals surface area contributed by atoms with Crippen LogP contribution >= 0.6 is 11.6 Å². The molecule has 1 amide bonds. The molecular formula is C19H18ClF3N2O3S. The maximum atomic E-state index is 12.9. The van der Waals surface area contributed by atoms with E-state index < -0.39 is 32.7 Å². The summed E-state index contributed by atoms with van der Waals surface area (Å²) in [6, 6.07) is 9.00. The van der Waals surface area contributed by atoms with E-state index >= 15 is 0 Å². The number of sulfonamides is 1. The normalized spacial score (nSPS) is 15.4. The third kappa shape index (κ3) is 5.29. The van der Waals surface area contributed by atoms with Crippen LogP contribution < -0.4 is 5.32 Å². The Morgan fingerprint density at radius 3 is 2.28 bits per heavy atom. The zero-order valence-corrected chi connectivity index (χ0v) is 16.7. The Kier molecular flexibility index (Phi) is 6.21. The van der Waals surface area contributed by atoms with E-state index in [0.717, 1.165) is 25.0 Å². The molecule has 3 rings (SSSR count). The predicted octanol–water partition coefficient (Wildman–Crippen LogP) is 4.54. The van der Waals surface area contributed by atoms with E-state index in [-0.39, 0.29) is 17.0 Å². The summed E-state index contributed by atoms with van der Waals surface area (Å²) in [5.74, 6) is -0.782. The minimum Gasteiger partial charge on any atom is -0.322 e. The summed E-state index contributed by atoms with van der Waals surface area (Å²) in [5.41, 5.74) is -0.373. The summed E-state index contributed by atoms with van der Waals surface area (Å²) in [5, 5.41) is 1.93. The molecule has 1 saturated heterocycles. The average Bonchev–Trinajstić information content (AvgIpc) is 3.18. The second-order valence-electron chi connectivity index (χ2n) is 6.71. The van der Waals surface area contributed by atoms with Gasteiger partial charge in [-0.2, -0.15) is 13.2 Å². The molecule has 0 bridgehead atoms. The largest absolute Gasteiger partial charge is 0.417 e. The van der Waals surface area contributed by atoms with Crippen LogP contribution in [0.25, 0.3) is 0 Å². The average molecular weight is 447 g/mol. The van der Waals surface area contributed by atoms with Crippen LogP contribution in [0.1, 0.15) is 34.3 Å². The van der Waals surface area contributed by atoms with Gasteiger partial charge in [0.25, 0.3) is 5.91 Å². The van der Waals surface area contributed by atoms with Crippen LogP contribution in [0.15, 0.2) is 42.5 Å². The first-order valence-electron chi connectivity index (χ1n) is 8.81. The Balaban J connectivity index is 1.69. The maximum Gasteiger partial charge on any atom is 0.417 e. The molecule has 0 saturated carbocycles.